The molecule has 2 aromatic heterocycles. The number of piperidine rings is 1. The highest BCUT2D eigenvalue weighted by atomic mass is 16.2. The zero-order chi connectivity index (χ0) is 21.4. The number of carbonyl (C=O) groups is 1. The molecule has 1 aliphatic carbocycles. The average Bonchev–Trinajstić information content (AvgIpc) is 3.29. The van der Waals surface area contributed by atoms with Crippen LogP contribution in [0.15, 0.2) is 42.7 Å². The van der Waals surface area contributed by atoms with Crippen molar-refractivity contribution in [2.24, 2.45) is 7.05 Å². The fourth-order valence-electron chi connectivity index (χ4n) is 5.04. The molecule has 5 rings (SSSR count). The summed E-state index contributed by atoms with van der Waals surface area (Å²) in [6.45, 7) is 4.15. The normalized spacial score (nSPS) is 20.7. The van der Waals surface area contributed by atoms with E-state index >= 15 is 0 Å². The minimum Gasteiger partial charge on any atom is -0.322 e. The van der Waals surface area contributed by atoms with Crippen molar-refractivity contribution in [1.82, 2.24) is 24.6 Å². The first kappa shape index (κ1) is 19.9. The van der Waals surface area contributed by atoms with Crippen molar-refractivity contribution < 1.29 is 4.79 Å². The molecule has 1 aliphatic heterocycles. The molecule has 7 nitrogen and oxygen atoms in total. The number of rotatable bonds is 4. The number of benzene rings is 1. The number of nitrogens with zero attached hydrogens (tertiary/aromatic N) is 5. The van der Waals surface area contributed by atoms with Gasteiger partial charge >= 0.3 is 0 Å². The standard InChI is InChI=1S/C24H28N6O/c1-17-20(14-26-29(17)2)27-21(31)15-30-12-6-10-24(16-30)11-9-19-13-25-23(28-22(19)24)18-7-4-3-5-8-18/h3-5,7-8,13-14H,6,9-12,15-16H2,1-2H3,(H,27,31). The maximum Gasteiger partial charge on any atom is 0.238 e. The van der Waals surface area contributed by atoms with Crippen LogP contribution in [0.4, 0.5) is 5.69 Å². The van der Waals surface area contributed by atoms with Crippen molar-refractivity contribution in [2.75, 3.05) is 25.0 Å². The molecule has 1 N–H and O–H groups in total. The van der Waals surface area contributed by atoms with E-state index in [1.807, 2.05) is 38.4 Å². The van der Waals surface area contributed by atoms with Gasteiger partial charge in [0.05, 0.1) is 29.8 Å². The van der Waals surface area contributed by atoms with Gasteiger partial charge < -0.3 is 5.32 Å². The summed E-state index contributed by atoms with van der Waals surface area (Å²) in [4.78, 5) is 24.7. The molecule has 31 heavy (non-hydrogen) atoms. The Bertz CT molecular complexity index is 1100. The summed E-state index contributed by atoms with van der Waals surface area (Å²) in [6, 6.07) is 10.2. The van der Waals surface area contributed by atoms with Gasteiger partial charge in [0.1, 0.15) is 0 Å². The number of hydrogen-bond donors (Lipinski definition) is 1. The molecule has 3 aromatic rings. The lowest BCUT2D eigenvalue weighted by Gasteiger charge is -2.40. The Morgan fingerprint density at radius 1 is 1.19 bits per heavy atom. The molecular formula is C24H28N6O. The molecule has 1 atom stereocenters. The Kier molecular flexibility index (Phi) is 5.06. The largest absolute Gasteiger partial charge is 0.322 e. The molecule has 1 aromatic carbocycles. The number of hydrogen-bond acceptors (Lipinski definition) is 5. The van der Waals surface area contributed by atoms with Crippen molar-refractivity contribution in [2.45, 2.75) is 38.0 Å². The number of anilines is 1. The van der Waals surface area contributed by atoms with Crippen molar-refractivity contribution in [3.63, 3.8) is 0 Å². The smallest absolute Gasteiger partial charge is 0.238 e. The molecule has 1 fully saturated rings. The van der Waals surface area contributed by atoms with Gasteiger partial charge in [-0.25, -0.2) is 9.97 Å². The van der Waals surface area contributed by atoms with E-state index < -0.39 is 0 Å². The summed E-state index contributed by atoms with van der Waals surface area (Å²) in [5, 5.41) is 7.22. The summed E-state index contributed by atoms with van der Waals surface area (Å²) in [5.74, 6) is 0.807. The second kappa shape index (κ2) is 7.89. The van der Waals surface area contributed by atoms with Gasteiger partial charge in [-0.15, -0.1) is 0 Å². The van der Waals surface area contributed by atoms with Crippen LogP contribution in [-0.2, 0) is 23.7 Å². The number of aromatic nitrogens is 4. The van der Waals surface area contributed by atoms with Gasteiger partial charge in [0.15, 0.2) is 5.82 Å². The van der Waals surface area contributed by atoms with Gasteiger partial charge in [0, 0.05) is 30.8 Å². The number of carbonyl (C=O) groups excluding carboxylic acids is 1. The van der Waals surface area contributed by atoms with E-state index in [0.717, 1.165) is 61.5 Å². The lowest BCUT2D eigenvalue weighted by atomic mass is 9.77. The van der Waals surface area contributed by atoms with E-state index in [1.165, 1.54) is 11.3 Å². The van der Waals surface area contributed by atoms with E-state index in [2.05, 4.69) is 32.4 Å². The van der Waals surface area contributed by atoms with Crippen LogP contribution in [0.3, 0.4) is 0 Å². The van der Waals surface area contributed by atoms with E-state index in [0.29, 0.717) is 6.54 Å². The highest BCUT2D eigenvalue weighted by Gasteiger charge is 2.44. The first-order valence-electron chi connectivity index (χ1n) is 11.0. The summed E-state index contributed by atoms with van der Waals surface area (Å²) < 4.78 is 1.77. The second-order valence-electron chi connectivity index (χ2n) is 8.84. The summed E-state index contributed by atoms with van der Waals surface area (Å²) >= 11 is 0. The second-order valence-corrected chi connectivity index (χ2v) is 8.84. The minimum absolute atomic E-state index is 0.0130. The molecule has 0 saturated carbocycles. The molecule has 0 bridgehead atoms. The minimum atomic E-state index is 0.0130. The van der Waals surface area contributed by atoms with Crippen LogP contribution < -0.4 is 5.32 Å². The summed E-state index contributed by atoms with van der Waals surface area (Å²) in [5.41, 5.74) is 5.26. The van der Waals surface area contributed by atoms with Crippen LogP contribution in [0.2, 0.25) is 0 Å². The van der Waals surface area contributed by atoms with E-state index in [9.17, 15) is 4.79 Å². The molecule has 160 valence electrons. The van der Waals surface area contributed by atoms with Crippen molar-refractivity contribution in [3.05, 3.63) is 59.7 Å². The fraction of sp³-hybridized carbons (Fsp3) is 0.417. The topological polar surface area (TPSA) is 75.9 Å². The third kappa shape index (κ3) is 3.74. The highest BCUT2D eigenvalue weighted by molar-refractivity contribution is 5.92. The van der Waals surface area contributed by atoms with Crippen LogP contribution in [0.25, 0.3) is 11.4 Å². The predicted octanol–water partition coefficient (Wildman–Crippen LogP) is 3.10. The Labute approximate surface area is 182 Å². The predicted molar refractivity (Wildman–Crippen MR) is 120 cm³/mol. The zero-order valence-electron chi connectivity index (χ0n) is 18.1. The third-order valence-corrected chi connectivity index (χ3v) is 6.80. The molecule has 3 heterocycles. The van der Waals surface area contributed by atoms with Crippen LogP contribution in [0.5, 0.6) is 0 Å². The summed E-state index contributed by atoms with van der Waals surface area (Å²) in [6.07, 6.45) is 8.00. The monoisotopic (exact) mass is 416 g/mol. The van der Waals surface area contributed by atoms with E-state index in [-0.39, 0.29) is 11.3 Å². The number of fused-ring (bicyclic) bond motifs is 2. The Morgan fingerprint density at radius 2 is 2.03 bits per heavy atom. The molecule has 1 saturated heterocycles. The quantitative estimate of drug-likeness (QED) is 0.707. The van der Waals surface area contributed by atoms with E-state index in [4.69, 9.17) is 4.98 Å². The molecule has 0 radical (unpaired) electrons. The highest BCUT2D eigenvalue weighted by Crippen LogP contribution is 2.44. The Morgan fingerprint density at radius 3 is 2.81 bits per heavy atom. The van der Waals surface area contributed by atoms with Crippen molar-refractivity contribution >= 4 is 11.6 Å². The molecule has 2 aliphatic rings. The number of nitrogens with one attached hydrogen (secondary N) is 1. The molecule has 1 spiro atoms. The Balaban J connectivity index is 1.34. The third-order valence-electron chi connectivity index (χ3n) is 6.80. The first-order valence-corrected chi connectivity index (χ1v) is 11.0. The number of likely N-dealkylation sites (tertiary alicyclic amines) is 1. The maximum atomic E-state index is 12.7. The molecular weight excluding hydrogens is 388 g/mol. The van der Waals surface area contributed by atoms with Gasteiger partial charge in [-0.3, -0.25) is 14.4 Å². The van der Waals surface area contributed by atoms with Gasteiger partial charge in [-0.2, -0.15) is 5.10 Å². The molecule has 1 unspecified atom stereocenters. The molecule has 7 heteroatoms. The van der Waals surface area contributed by atoms with Crippen molar-refractivity contribution in [3.8, 4) is 11.4 Å². The average molecular weight is 417 g/mol. The van der Waals surface area contributed by atoms with Crippen LogP contribution >= 0.6 is 0 Å². The fourth-order valence-corrected chi connectivity index (χ4v) is 5.04. The van der Waals surface area contributed by atoms with Gasteiger partial charge in [-0.1, -0.05) is 30.3 Å². The van der Waals surface area contributed by atoms with E-state index in [1.54, 1.807) is 10.9 Å². The SMILES string of the molecule is Cc1c(NC(=O)CN2CCCC3(CCc4cnc(-c5ccccc5)nc43)C2)cnn1C. The summed E-state index contributed by atoms with van der Waals surface area (Å²) in [7, 11) is 1.88. The zero-order valence-corrected chi connectivity index (χ0v) is 18.1. The first-order chi connectivity index (χ1) is 15.0. The number of aryl methyl sites for hydroxylation is 2. The van der Waals surface area contributed by atoms with Crippen LogP contribution in [0, 0.1) is 6.92 Å². The number of amides is 1. The van der Waals surface area contributed by atoms with Crippen LogP contribution in [-0.4, -0.2) is 50.2 Å². The maximum absolute atomic E-state index is 12.7. The molecule has 1 amide bonds. The van der Waals surface area contributed by atoms with Crippen molar-refractivity contribution in [1.29, 1.82) is 0 Å². The Hall–Kier alpha value is -3.06. The van der Waals surface area contributed by atoms with Crippen LogP contribution in [0.1, 0.15) is 36.2 Å². The lowest BCUT2D eigenvalue weighted by Crippen LogP contribution is -2.47. The van der Waals surface area contributed by atoms with Gasteiger partial charge in [0.25, 0.3) is 0 Å². The van der Waals surface area contributed by atoms with Gasteiger partial charge in [0.2, 0.25) is 5.91 Å². The lowest BCUT2D eigenvalue weighted by molar-refractivity contribution is -0.117. The van der Waals surface area contributed by atoms with Gasteiger partial charge in [-0.05, 0) is 44.7 Å².